The van der Waals surface area contributed by atoms with Crippen LogP contribution in [0.15, 0.2) is 133 Å². The molecule has 26 heteroatoms. The minimum Gasteiger partial charge on any atom is -0.487 e. The lowest BCUT2D eigenvalue weighted by Crippen LogP contribution is -2.36. The fourth-order valence-electron chi connectivity index (χ4n) is 6.38. The molecule has 0 radical (unpaired) electrons. The first-order valence-corrected chi connectivity index (χ1v) is 29.8. The van der Waals surface area contributed by atoms with Crippen LogP contribution in [0.4, 0.5) is 9.59 Å². The van der Waals surface area contributed by atoms with E-state index in [9.17, 15) is 38.4 Å². The summed E-state index contributed by atoms with van der Waals surface area (Å²) in [5.41, 5.74) is 5.31. The lowest BCUT2D eigenvalue weighted by atomic mass is 10.2. The van der Waals surface area contributed by atoms with Crippen molar-refractivity contribution in [3.8, 4) is 23.0 Å². The van der Waals surface area contributed by atoms with Crippen LogP contribution >= 0.6 is 0 Å². The number of ether oxygens (including phenoxy) is 9. The number of para-hydroxylation sites is 4. The second-order valence-electron chi connectivity index (χ2n) is 20.9. The summed E-state index contributed by atoms with van der Waals surface area (Å²) < 4.78 is 47.7. The summed E-state index contributed by atoms with van der Waals surface area (Å²) >= 11 is 0. The number of nitrogens with zero attached hydrogens (tertiary/aromatic N) is 3. The Morgan fingerprint density at radius 3 is 1.41 bits per heavy atom. The Bertz CT molecular complexity index is 3040. The molecule has 2 heterocycles. The molecule has 93 heavy (non-hydrogen) atoms. The number of aliphatic hydroxyl groups excluding tert-OH is 2. The van der Waals surface area contributed by atoms with Crippen LogP contribution in [0.2, 0.25) is 0 Å². The summed E-state index contributed by atoms with van der Waals surface area (Å²) in [6.45, 7) is 24.3. The molecule has 512 valence electrons. The fraction of sp³-hybridized carbons (Fsp3) is 0.433. The predicted octanol–water partition coefficient (Wildman–Crippen LogP) is 9.17. The van der Waals surface area contributed by atoms with E-state index in [-0.39, 0.29) is 70.2 Å². The maximum atomic E-state index is 12.3. The van der Waals surface area contributed by atoms with Crippen molar-refractivity contribution in [3.63, 3.8) is 0 Å². The van der Waals surface area contributed by atoms with Gasteiger partial charge in [-0.1, -0.05) is 72.8 Å². The van der Waals surface area contributed by atoms with Crippen LogP contribution < -0.4 is 35.3 Å². The van der Waals surface area contributed by atoms with Crippen molar-refractivity contribution in [2.24, 2.45) is 5.73 Å². The maximum Gasteiger partial charge on any atom is 0.407 e. The Morgan fingerprint density at radius 1 is 0.581 bits per heavy atom. The van der Waals surface area contributed by atoms with Crippen LogP contribution in [0.1, 0.15) is 135 Å². The first-order valence-electron chi connectivity index (χ1n) is 29.8. The Balaban J connectivity index is 0.00000116. The number of carbonyl (C=O) groups excluding carboxylic acids is 8. The first-order chi connectivity index (χ1) is 44.1. The molecule has 0 saturated heterocycles. The molecule has 2 atom stereocenters. The maximum absolute atomic E-state index is 12.3. The Morgan fingerprint density at radius 2 is 0.989 bits per heavy atom. The van der Waals surface area contributed by atoms with E-state index in [1.165, 1.54) is 14.0 Å². The minimum absolute atomic E-state index is 0.0360. The van der Waals surface area contributed by atoms with Crippen LogP contribution in [0, 0.1) is 0 Å². The number of benzene rings is 4. The van der Waals surface area contributed by atoms with Gasteiger partial charge in [-0.2, -0.15) is 10.2 Å². The van der Waals surface area contributed by atoms with Gasteiger partial charge in [0.15, 0.2) is 17.3 Å². The van der Waals surface area contributed by atoms with Gasteiger partial charge in [-0.05, 0) is 158 Å². The molecule has 2 aromatic heterocycles. The minimum atomic E-state index is -0.981. The highest BCUT2D eigenvalue weighted by Gasteiger charge is 2.23. The van der Waals surface area contributed by atoms with Gasteiger partial charge in [0.25, 0.3) is 0 Å². The number of esters is 3. The molecule has 6 rings (SSSR count). The molecule has 0 aliphatic heterocycles. The van der Waals surface area contributed by atoms with Gasteiger partial charge in [0.1, 0.15) is 72.0 Å². The summed E-state index contributed by atoms with van der Waals surface area (Å²) in [4.78, 5) is 90.6. The fourth-order valence-corrected chi connectivity index (χ4v) is 6.38. The zero-order valence-electron chi connectivity index (χ0n) is 55.9. The largest absolute Gasteiger partial charge is 0.487 e. The van der Waals surface area contributed by atoms with E-state index < -0.39 is 65.4 Å². The van der Waals surface area contributed by atoms with E-state index in [2.05, 4.69) is 36.4 Å². The molecule has 6 aromatic rings. The number of hydrogen-bond donors (Lipinski definition) is 6. The molecule has 2 unspecified atom stereocenters. The first kappa shape index (κ1) is 83.3. The summed E-state index contributed by atoms with van der Waals surface area (Å²) in [5.74, 6) is -0.411. The molecule has 2 amide bonds. The van der Waals surface area contributed by atoms with Crippen LogP contribution in [-0.4, -0.2) is 155 Å². The summed E-state index contributed by atoms with van der Waals surface area (Å²) in [6.07, 6.45) is -2.06. The summed E-state index contributed by atoms with van der Waals surface area (Å²) in [7, 11) is 1.50. The number of nitrogens with one attached hydrogen (secondary N) is 3. The number of H-pyrrole nitrogens is 1. The average molecular weight is 1300 g/mol. The number of rotatable bonds is 25. The Labute approximate surface area is 545 Å². The molecule has 7 N–H and O–H groups in total. The smallest absolute Gasteiger partial charge is 0.407 e. The molecule has 0 fully saturated rings. The SMILES string of the molecule is CC(=O)COc1ccccc1.CC(O)CNC(=O)OC(C)(C)C.CCO.CCOC(=O)C(=O)CC(=O)COc1ccccc1.CCOC(=O)c1cc(COc2ccccc2)[nH]n1.CCOC(=O)c1cc(COc2ccccc2)nn1C(C)CNC(=O)OC(C)(C)C.CN. The number of alkyl carbamates (subject to hydrolysis) is 2. The van der Waals surface area contributed by atoms with Crippen LogP contribution in [0.25, 0.3) is 0 Å². The van der Waals surface area contributed by atoms with Crippen molar-refractivity contribution >= 4 is 47.4 Å². The van der Waals surface area contributed by atoms with Crippen molar-refractivity contribution in [1.29, 1.82) is 0 Å². The van der Waals surface area contributed by atoms with E-state index in [0.717, 1.165) is 17.2 Å². The number of nitrogens with two attached hydrogens (primary N) is 1. The van der Waals surface area contributed by atoms with Gasteiger partial charge in [0, 0.05) is 19.7 Å². The third kappa shape index (κ3) is 42.1. The monoisotopic (exact) mass is 1300 g/mol. The van der Waals surface area contributed by atoms with Gasteiger partial charge in [-0.25, -0.2) is 24.0 Å². The molecular weight excluding hydrogens is 1210 g/mol. The van der Waals surface area contributed by atoms with E-state index in [4.69, 9.17) is 48.1 Å². The molecule has 0 bridgehead atoms. The molecule has 0 saturated carbocycles. The molecule has 0 aliphatic carbocycles. The van der Waals surface area contributed by atoms with Gasteiger partial charge in [0.05, 0.1) is 44.1 Å². The number of hydrogen-bond acceptors (Lipinski definition) is 22. The van der Waals surface area contributed by atoms with Gasteiger partial charge in [0.2, 0.25) is 5.78 Å². The lowest BCUT2D eigenvalue weighted by Gasteiger charge is -2.21. The van der Waals surface area contributed by atoms with Gasteiger partial charge < -0.3 is 69.2 Å². The molecule has 26 nitrogen and oxygen atoms in total. The standard InChI is InChI=1S/C21H29N3O5.C13H14N2O3.C13H14O5.C9H10O2.C8H17NO3.C2H6O.CH5N/c1-6-27-19(25)18-12-16(14-28-17-10-8-7-9-11-17)23-24(18)15(2)13-22-20(26)29-21(3,4)5;1-2-17-13(16)12-8-10(14-15-12)9-18-11-6-4-3-5-7-11;1-2-17-13(16)12(15)8-10(14)9-18-11-6-4-3-5-7-11;1-8(10)7-11-9-5-3-2-4-6-9;1-6(10)5-9-7(11)12-8(2,3)4;1-2-3;1-2/h7-12,15H,6,13-14H2,1-5H3,(H,22,26);3-8H,2,9H2,1H3,(H,14,15);3-7H,2,8-9H2,1H3;2-6H,7H2,1H3;6,10H,5H2,1-4H3,(H,9,11);3H,2H2,1H3;2H2,1H3. The van der Waals surface area contributed by atoms with Gasteiger partial charge in [-0.3, -0.25) is 24.2 Å². The van der Waals surface area contributed by atoms with Gasteiger partial charge >= 0.3 is 30.1 Å². The highest BCUT2D eigenvalue weighted by molar-refractivity contribution is 6.37. The second kappa shape index (κ2) is 48.2. The lowest BCUT2D eigenvalue weighted by molar-refractivity contribution is -0.154. The average Bonchev–Trinajstić information content (AvgIpc) is 1.70. The quantitative estimate of drug-likeness (QED) is 0.0135. The second-order valence-corrected chi connectivity index (χ2v) is 20.9. The zero-order chi connectivity index (χ0) is 70.2. The third-order valence-corrected chi connectivity index (χ3v) is 10.1. The normalized spacial score (nSPS) is 10.7. The number of carbonyl (C=O) groups is 8. The van der Waals surface area contributed by atoms with Crippen LogP contribution in [-0.2, 0) is 56.1 Å². The predicted molar refractivity (Wildman–Crippen MR) is 348 cm³/mol. The molecule has 0 aliphatic rings. The molecule has 0 spiro atoms. The van der Waals surface area contributed by atoms with Crippen molar-refractivity contribution in [3.05, 3.63) is 156 Å². The highest BCUT2D eigenvalue weighted by atomic mass is 16.6. The number of aromatic amines is 1. The van der Waals surface area contributed by atoms with Crippen molar-refractivity contribution in [1.82, 2.24) is 30.6 Å². The van der Waals surface area contributed by atoms with Crippen LogP contribution in [0.3, 0.4) is 0 Å². The Kier molecular flexibility index (Phi) is 43.2. The Hall–Kier alpha value is -9.66. The topological polar surface area (TPSA) is 357 Å². The number of amides is 2. The van der Waals surface area contributed by atoms with Crippen molar-refractivity contribution in [2.45, 2.75) is 133 Å². The van der Waals surface area contributed by atoms with Crippen molar-refractivity contribution < 1.29 is 91.2 Å². The number of aliphatic hydroxyl groups is 2. The molecule has 4 aromatic carbocycles. The van der Waals surface area contributed by atoms with E-state index in [1.54, 1.807) is 117 Å². The summed E-state index contributed by atoms with van der Waals surface area (Å²) in [6, 6.07) is 39.8. The van der Waals surface area contributed by atoms with E-state index in [0.29, 0.717) is 36.1 Å². The van der Waals surface area contributed by atoms with E-state index >= 15 is 0 Å². The number of ketones is 3. The highest BCUT2D eigenvalue weighted by Crippen LogP contribution is 2.18. The third-order valence-electron chi connectivity index (χ3n) is 10.1. The number of Topliss-reactive ketones (excluding diaryl/α,β-unsaturated/α-hetero) is 3. The van der Waals surface area contributed by atoms with E-state index in [1.807, 2.05) is 104 Å². The number of aromatic nitrogens is 4. The van der Waals surface area contributed by atoms with Gasteiger partial charge in [-0.15, -0.1) is 0 Å². The van der Waals surface area contributed by atoms with Crippen LogP contribution in [0.5, 0.6) is 23.0 Å². The van der Waals surface area contributed by atoms with Crippen molar-refractivity contribution in [2.75, 3.05) is 59.8 Å². The summed E-state index contributed by atoms with van der Waals surface area (Å²) in [5, 5.41) is 32.6. The zero-order valence-corrected chi connectivity index (χ0v) is 55.9. The molecular formula is C67H95N7O19.